The Balaban J connectivity index is 0.00000264. The Kier molecular flexibility index (Phi) is 11.3. The van der Waals surface area contributed by atoms with Crippen LogP contribution in [-0.4, -0.2) is 55.5 Å². The molecular weight excluding hydrogens is 345 g/mol. The molecule has 1 amide bonds. The van der Waals surface area contributed by atoms with Crippen LogP contribution in [0.1, 0.15) is 25.3 Å². The van der Waals surface area contributed by atoms with Crippen LogP contribution in [-0.2, 0) is 11.3 Å². The normalized spacial score (nSPS) is 16.6. The molecule has 0 saturated carbocycles. The molecule has 1 fully saturated rings. The first kappa shape index (κ1) is 23.2. The zero-order valence-electron chi connectivity index (χ0n) is 14.9. The quantitative estimate of drug-likeness (QED) is 0.829. The van der Waals surface area contributed by atoms with Gasteiger partial charge in [0.05, 0.1) is 0 Å². The summed E-state index contributed by atoms with van der Waals surface area (Å²) in [6.07, 6.45) is 2.14. The largest absolute Gasteiger partial charge is 0.342 e. The van der Waals surface area contributed by atoms with Gasteiger partial charge in [0.15, 0.2) is 0 Å². The van der Waals surface area contributed by atoms with E-state index in [1.807, 2.05) is 25.9 Å². The zero-order valence-corrected chi connectivity index (χ0v) is 16.5. The van der Waals surface area contributed by atoms with E-state index in [-0.39, 0.29) is 36.6 Å². The molecule has 1 aromatic carbocycles. The third-order valence-electron chi connectivity index (χ3n) is 4.63. The molecule has 0 radical (unpaired) electrons. The number of benzene rings is 1. The summed E-state index contributed by atoms with van der Waals surface area (Å²) in [5, 5.41) is 3.08. The van der Waals surface area contributed by atoms with Crippen molar-refractivity contribution in [3.8, 4) is 0 Å². The average molecular weight is 376 g/mol. The second-order valence-corrected chi connectivity index (χ2v) is 6.40. The molecule has 0 aliphatic carbocycles. The van der Waals surface area contributed by atoms with Gasteiger partial charge in [-0.15, -0.1) is 24.8 Å². The number of carbonyl (C=O) groups excluding carboxylic acids is 1. The minimum absolute atomic E-state index is 0. The third kappa shape index (κ3) is 6.60. The maximum Gasteiger partial charge on any atom is 0.226 e. The van der Waals surface area contributed by atoms with Gasteiger partial charge in [-0.25, -0.2) is 0 Å². The van der Waals surface area contributed by atoms with Gasteiger partial charge in [-0.2, -0.15) is 0 Å². The number of hydrogen-bond acceptors (Lipinski definition) is 3. The molecule has 1 atom stereocenters. The summed E-state index contributed by atoms with van der Waals surface area (Å²) in [4.78, 5) is 16.8. The lowest BCUT2D eigenvalue weighted by Crippen LogP contribution is -2.47. The number of nitrogens with one attached hydrogen (secondary N) is 1. The number of nitrogens with zero attached hydrogens (tertiary/aromatic N) is 2. The van der Waals surface area contributed by atoms with E-state index in [4.69, 9.17) is 0 Å². The van der Waals surface area contributed by atoms with Gasteiger partial charge in [-0.05, 0) is 25.5 Å². The molecule has 138 valence electrons. The lowest BCUT2D eigenvalue weighted by molar-refractivity contribution is -0.136. The summed E-state index contributed by atoms with van der Waals surface area (Å²) in [5.41, 5.74) is 1.37. The molecule has 1 heterocycles. The van der Waals surface area contributed by atoms with Crippen LogP contribution in [0.5, 0.6) is 0 Å². The molecule has 0 bridgehead atoms. The third-order valence-corrected chi connectivity index (χ3v) is 4.63. The summed E-state index contributed by atoms with van der Waals surface area (Å²) in [7, 11) is 3.86. The smallest absolute Gasteiger partial charge is 0.226 e. The number of hydrogen-bond donors (Lipinski definition) is 1. The van der Waals surface area contributed by atoms with Crippen molar-refractivity contribution in [1.29, 1.82) is 0 Å². The van der Waals surface area contributed by atoms with Gasteiger partial charge in [0.25, 0.3) is 0 Å². The average Bonchev–Trinajstić information content (AvgIpc) is 2.55. The maximum atomic E-state index is 12.4. The molecule has 2 rings (SSSR count). The van der Waals surface area contributed by atoms with Crippen LogP contribution in [0, 0.1) is 5.92 Å². The van der Waals surface area contributed by atoms with Gasteiger partial charge < -0.3 is 10.2 Å². The van der Waals surface area contributed by atoms with Gasteiger partial charge in [0.1, 0.15) is 0 Å². The second kappa shape index (κ2) is 11.7. The highest BCUT2D eigenvalue weighted by Gasteiger charge is 2.27. The fraction of sp³-hybridized carbons (Fsp3) is 0.611. The Hall–Kier alpha value is -0.810. The second-order valence-electron chi connectivity index (χ2n) is 6.40. The molecule has 0 spiro atoms. The molecule has 1 unspecified atom stereocenters. The number of likely N-dealkylation sites (tertiary alicyclic amines) is 1. The lowest BCUT2D eigenvalue weighted by Gasteiger charge is -2.37. The van der Waals surface area contributed by atoms with Crippen molar-refractivity contribution in [3.05, 3.63) is 35.9 Å². The molecule has 1 saturated heterocycles. The van der Waals surface area contributed by atoms with Crippen LogP contribution < -0.4 is 5.32 Å². The Labute approximate surface area is 158 Å². The Bertz CT molecular complexity index is 465. The highest BCUT2D eigenvalue weighted by Crippen LogP contribution is 2.19. The summed E-state index contributed by atoms with van der Waals surface area (Å²) >= 11 is 0. The van der Waals surface area contributed by atoms with E-state index in [0.717, 1.165) is 39.0 Å². The molecule has 24 heavy (non-hydrogen) atoms. The standard InChI is InChI=1S/C18H29N3O.2ClH/c1-15(13-19-2)18(22)20(3)17-9-11-21(12-10-17)14-16-7-5-4-6-8-16;;/h4-8,15,17,19H,9-14H2,1-3H3;2*1H. The summed E-state index contributed by atoms with van der Waals surface area (Å²) in [6, 6.07) is 11.0. The lowest BCUT2D eigenvalue weighted by atomic mass is 10.0. The van der Waals surface area contributed by atoms with Crippen LogP contribution in [0.15, 0.2) is 30.3 Å². The molecule has 1 aliphatic rings. The van der Waals surface area contributed by atoms with Crippen LogP contribution in [0.3, 0.4) is 0 Å². The molecule has 4 nitrogen and oxygen atoms in total. The van der Waals surface area contributed by atoms with Crippen molar-refractivity contribution in [2.24, 2.45) is 5.92 Å². The van der Waals surface area contributed by atoms with Gasteiger partial charge >= 0.3 is 0 Å². The molecule has 1 aromatic rings. The molecule has 1 N–H and O–H groups in total. The first-order valence-corrected chi connectivity index (χ1v) is 8.29. The highest BCUT2D eigenvalue weighted by molar-refractivity contribution is 5.85. The van der Waals surface area contributed by atoms with E-state index in [2.05, 4.69) is 40.5 Å². The minimum atomic E-state index is 0. The van der Waals surface area contributed by atoms with Crippen molar-refractivity contribution >= 4 is 30.7 Å². The fourth-order valence-corrected chi connectivity index (χ4v) is 3.23. The Morgan fingerprint density at radius 1 is 1.25 bits per heavy atom. The first-order valence-electron chi connectivity index (χ1n) is 8.29. The monoisotopic (exact) mass is 375 g/mol. The summed E-state index contributed by atoms with van der Waals surface area (Å²) in [6.45, 7) is 5.90. The number of carbonyl (C=O) groups is 1. The van der Waals surface area contributed by atoms with Crippen molar-refractivity contribution in [1.82, 2.24) is 15.1 Å². The topological polar surface area (TPSA) is 35.6 Å². The van der Waals surface area contributed by atoms with Gasteiger partial charge in [0, 0.05) is 45.2 Å². The van der Waals surface area contributed by atoms with Crippen molar-refractivity contribution in [2.75, 3.05) is 33.7 Å². The first-order chi connectivity index (χ1) is 10.6. The number of amides is 1. The van der Waals surface area contributed by atoms with Gasteiger partial charge in [-0.3, -0.25) is 9.69 Å². The van der Waals surface area contributed by atoms with E-state index in [1.54, 1.807) is 0 Å². The summed E-state index contributed by atoms with van der Waals surface area (Å²) in [5.74, 6) is 0.313. The van der Waals surface area contributed by atoms with Crippen LogP contribution in [0.2, 0.25) is 0 Å². The van der Waals surface area contributed by atoms with Crippen molar-refractivity contribution in [2.45, 2.75) is 32.4 Å². The van der Waals surface area contributed by atoms with Crippen molar-refractivity contribution in [3.63, 3.8) is 0 Å². The van der Waals surface area contributed by atoms with E-state index in [9.17, 15) is 4.79 Å². The van der Waals surface area contributed by atoms with Gasteiger partial charge in [0.2, 0.25) is 5.91 Å². The molecule has 0 aromatic heterocycles. The predicted molar refractivity (Wildman–Crippen MR) is 105 cm³/mol. The Morgan fingerprint density at radius 2 is 1.83 bits per heavy atom. The minimum Gasteiger partial charge on any atom is -0.342 e. The number of halogens is 2. The SMILES string of the molecule is CNCC(C)C(=O)N(C)C1CCN(Cc2ccccc2)CC1.Cl.Cl. The van der Waals surface area contributed by atoms with Crippen LogP contribution in [0.25, 0.3) is 0 Å². The van der Waals surface area contributed by atoms with E-state index in [1.165, 1.54) is 5.56 Å². The van der Waals surface area contributed by atoms with Crippen molar-refractivity contribution < 1.29 is 4.79 Å². The summed E-state index contributed by atoms with van der Waals surface area (Å²) < 4.78 is 0. The van der Waals surface area contributed by atoms with Crippen LogP contribution in [0.4, 0.5) is 0 Å². The van der Waals surface area contributed by atoms with Gasteiger partial charge in [-0.1, -0.05) is 37.3 Å². The van der Waals surface area contributed by atoms with E-state index in [0.29, 0.717) is 6.04 Å². The van der Waals surface area contributed by atoms with E-state index < -0.39 is 0 Å². The zero-order chi connectivity index (χ0) is 15.9. The number of piperidine rings is 1. The fourth-order valence-electron chi connectivity index (χ4n) is 3.23. The molecule has 6 heteroatoms. The van der Waals surface area contributed by atoms with E-state index >= 15 is 0 Å². The highest BCUT2D eigenvalue weighted by atomic mass is 35.5. The number of rotatable bonds is 6. The predicted octanol–water partition coefficient (Wildman–Crippen LogP) is 2.81. The van der Waals surface area contributed by atoms with Crippen LogP contribution >= 0.6 is 24.8 Å². The molecular formula is C18H31Cl2N3O. The maximum absolute atomic E-state index is 12.4. The Morgan fingerprint density at radius 3 is 2.38 bits per heavy atom. The molecule has 1 aliphatic heterocycles.